The Hall–Kier alpha value is -2.71. The highest BCUT2D eigenvalue weighted by molar-refractivity contribution is 7.47. The van der Waals surface area contributed by atoms with Crippen molar-refractivity contribution in [2.45, 2.75) is 198 Å². The highest BCUT2D eigenvalue weighted by atomic mass is 31.2. The zero-order valence-electron chi connectivity index (χ0n) is 36.9. The molecular weight excluding hydrogens is 803 g/mol. The van der Waals surface area contributed by atoms with E-state index < -0.39 is 75.7 Å². The number of carbonyl (C=O) groups excluding carboxylic acids is 2. The molecule has 0 heterocycles. The van der Waals surface area contributed by atoms with Crippen molar-refractivity contribution < 1.29 is 63.1 Å². The Morgan fingerprint density at radius 1 is 0.508 bits per heavy atom. The first-order chi connectivity index (χ1) is 29.4. The molecule has 0 saturated heterocycles. The van der Waals surface area contributed by atoms with E-state index in [0.717, 1.165) is 89.9 Å². The molecule has 1 aliphatic carbocycles. The summed E-state index contributed by atoms with van der Waals surface area (Å²) in [6.45, 7) is 3.15. The van der Waals surface area contributed by atoms with Gasteiger partial charge in [0.1, 0.15) is 43.2 Å². The summed E-state index contributed by atoms with van der Waals surface area (Å²) in [5, 5.41) is 50.1. The summed E-state index contributed by atoms with van der Waals surface area (Å²) in [5.74, 6) is -1.16. The predicted octanol–water partition coefficient (Wildman–Crippen LogP) is 8.72. The molecule has 0 aromatic carbocycles. The molecule has 6 N–H and O–H groups in total. The Kier molecular flexibility index (Phi) is 33.9. The molecule has 0 spiro atoms. The van der Waals surface area contributed by atoms with Gasteiger partial charge >= 0.3 is 19.8 Å². The number of hydrogen-bond acceptors (Lipinski definition) is 12. The molecule has 0 amide bonds. The maximum Gasteiger partial charge on any atom is 0.472 e. The number of allylic oxidation sites excluding steroid dienone is 12. The lowest BCUT2D eigenvalue weighted by Gasteiger charge is -2.41. The first kappa shape index (κ1) is 56.3. The van der Waals surface area contributed by atoms with Gasteiger partial charge < -0.3 is 39.9 Å². The molecule has 0 aromatic heterocycles. The fourth-order valence-corrected chi connectivity index (χ4v) is 7.28. The van der Waals surface area contributed by atoms with Crippen LogP contribution in [0.4, 0.5) is 0 Å². The molecule has 1 aliphatic rings. The molecule has 0 aromatic rings. The van der Waals surface area contributed by atoms with Crippen molar-refractivity contribution in [3.8, 4) is 0 Å². The smallest absolute Gasteiger partial charge is 0.462 e. The van der Waals surface area contributed by atoms with Gasteiger partial charge in [0, 0.05) is 12.8 Å². The van der Waals surface area contributed by atoms with Gasteiger partial charge in [-0.2, -0.15) is 0 Å². The Bertz CT molecular complexity index is 1340. The largest absolute Gasteiger partial charge is 0.472 e. The standard InChI is InChI=1S/C47H79O13P/c1-3-5-7-9-11-13-15-17-19-20-22-23-25-27-29-31-33-35-40(48)57-37-39(38-58-61(55,56)60-47-45(53)43(51)42(50)44(52)46(47)54)59-41(49)36-34-32-30-28-26-24-21-18-16-14-12-10-8-6-4-2/h7,9,12-15,18-21,23,25,39,42-47,50-54H,3-6,8,10-11,16-17,22,24,26-38H2,1-2H3,(H,55,56)/b9-7+,14-12+,15-13+,20-19+,21-18+,25-23+/t39-,42?,43-,44?,45?,46?,47?/m0/s1. The Balaban J connectivity index is 2.51. The summed E-state index contributed by atoms with van der Waals surface area (Å²) >= 11 is 0. The van der Waals surface area contributed by atoms with Crippen LogP contribution in [-0.4, -0.2) is 98.3 Å². The van der Waals surface area contributed by atoms with Gasteiger partial charge in [-0.1, -0.05) is 132 Å². The van der Waals surface area contributed by atoms with Crippen LogP contribution in [0.2, 0.25) is 0 Å². The van der Waals surface area contributed by atoms with E-state index in [0.29, 0.717) is 12.8 Å². The van der Waals surface area contributed by atoms with Crippen LogP contribution in [0.15, 0.2) is 72.9 Å². The van der Waals surface area contributed by atoms with Gasteiger partial charge in [-0.25, -0.2) is 4.57 Å². The van der Waals surface area contributed by atoms with Crippen LogP contribution in [0, 0.1) is 0 Å². The number of esters is 2. The number of rotatable bonds is 36. The third kappa shape index (κ3) is 29.3. The third-order valence-corrected chi connectivity index (χ3v) is 11.0. The number of carbonyl (C=O) groups is 2. The van der Waals surface area contributed by atoms with E-state index in [2.05, 4.69) is 86.8 Å². The van der Waals surface area contributed by atoms with E-state index in [1.165, 1.54) is 25.7 Å². The minimum atomic E-state index is -5.13. The van der Waals surface area contributed by atoms with Crippen molar-refractivity contribution in [3.05, 3.63) is 72.9 Å². The number of hydrogen-bond donors (Lipinski definition) is 6. The summed E-state index contributed by atoms with van der Waals surface area (Å²) in [6, 6.07) is 0. The lowest BCUT2D eigenvalue weighted by Crippen LogP contribution is -2.64. The molecule has 0 aliphatic heterocycles. The third-order valence-electron chi connectivity index (χ3n) is 10.0. The van der Waals surface area contributed by atoms with Crippen LogP contribution in [0.3, 0.4) is 0 Å². The first-order valence-corrected chi connectivity index (χ1v) is 24.2. The molecule has 0 radical (unpaired) electrons. The predicted molar refractivity (Wildman–Crippen MR) is 239 cm³/mol. The van der Waals surface area contributed by atoms with E-state index in [9.17, 15) is 44.6 Å². The average Bonchev–Trinajstić information content (AvgIpc) is 3.24. The molecule has 61 heavy (non-hydrogen) atoms. The van der Waals surface area contributed by atoms with E-state index in [1.807, 2.05) is 0 Å². The monoisotopic (exact) mass is 883 g/mol. The molecular formula is C47H79O13P. The van der Waals surface area contributed by atoms with Crippen LogP contribution in [0.25, 0.3) is 0 Å². The van der Waals surface area contributed by atoms with Crippen molar-refractivity contribution >= 4 is 19.8 Å². The zero-order chi connectivity index (χ0) is 45.0. The lowest BCUT2D eigenvalue weighted by molar-refractivity contribution is -0.220. The van der Waals surface area contributed by atoms with Crippen LogP contribution in [0.5, 0.6) is 0 Å². The summed E-state index contributed by atoms with van der Waals surface area (Å²) < 4.78 is 33.5. The summed E-state index contributed by atoms with van der Waals surface area (Å²) in [6.07, 6.45) is 32.4. The van der Waals surface area contributed by atoms with Gasteiger partial charge in [-0.05, 0) is 83.5 Å². The van der Waals surface area contributed by atoms with Crippen molar-refractivity contribution in [1.29, 1.82) is 0 Å². The second-order valence-electron chi connectivity index (χ2n) is 15.5. The zero-order valence-corrected chi connectivity index (χ0v) is 37.8. The van der Waals surface area contributed by atoms with E-state index in [4.69, 9.17) is 18.5 Å². The normalized spacial score (nSPS) is 22.7. The second-order valence-corrected chi connectivity index (χ2v) is 16.9. The molecule has 0 bridgehead atoms. The van der Waals surface area contributed by atoms with E-state index in [-0.39, 0.29) is 12.8 Å². The minimum Gasteiger partial charge on any atom is -0.462 e. The fraction of sp³-hybridized carbons (Fsp3) is 0.702. The van der Waals surface area contributed by atoms with Crippen LogP contribution >= 0.6 is 7.82 Å². The fourth-order valence-electron chi connectivity index (χ4n) is 6.31. The van der Waals surface area contributed by atoms with Crippen LogP contribution in [-0.2, 0) is 32.7 Å². The molecule has 1 rings (SSSR count). The van der Waals surface area contributed by atoms with Gasteiger partial charge in [0.15, 0.2) is 6.10 Å². The number of ether oxygens (including phenoxy) is 2. The SMILES string of the molecule is CCC/C=C/C/C=C/C/C=C/C/C=C/CCCCCC(=O)OC[C@@H](COP(=O)(O)OC1C(O)C(O)C(O)[C@H](O)C1O)OC(=O)CCCCCCC/C=C/C/C=C/CCCCC. The quantitative estimate of drug-likeness (QED) is 0.0151. The Morgan fingerprint density at radius 3 is 1.43 bits per heavy atom. The lowest BCUT2D eigenvalue weighted by atomic mass is 9.85. The van der Waals surface area contributed by atoms with Crippen molar-refractivity contribution in [1.82, 2.24) is 0 Å². The maximum atomic E-state index is 12.8. The van der Waals surface area contributed by atoms with Gasteiger partial charge in [-0.15, -0.1) is 0 Å². The average molecular weight is 883 g/mol. The Labute approximate surface area is 365 Å². The second kappa shape index (κ2) is 36.7. The summed E-state index contributed by atoms with van der Waals surface area (Å²) in [5.41, 5.74) is 0. The molecule has 350 valence electrons. The molecule has 1 saturated carbocycles. The minimum absolute atomic E-state index is 0.0696. The van der Waals surface area contributed by atoms with Crippen LogP contribution < -0.4 is 0 Å². The Morgan fingerprint density at radius 2 is 0.918 bits per heavy atom. The highest BCUT2D eigenvalue weighted by Gasteiger charge is 2.51. The topological polar surface area (TPSA) is 210 Å². The molecule has 14 heteroatoms. The molecule has 6 unspecified atom stereocenters. The van der Waals surface area contributed by atoms with Gasteiger partial charge in [0.05, 0.1) is 6.61 Å². The number of unbranched alkanes of at least 4 members (excludes halogenated alkanes) is 12. The molecule has 8 atom stereocenters. The summed E-state index contributed by atoms with van der Waals surface area (Å²) in [7, 11) is -5.13. The van der Waals surface area contributed by atoms with E-state index in [1.54, 1.807) is 0 Å². The number of phosphoric acid groups is 1. The number of aliphatic hydroxyl groups excluding tert-OH is 5. The van der Waals surface area contributed by atoms with Crippen LogP contribution in [0.1, 0.15) is 155 Å². The van der Waals surface area contributed by atoms with E-state index >= 15 is 0 Å². The molecule has 1 fully saturated rings. The number of phosphoric ester groups is 1. The summed E-state index contributed by atoms with van der Waals surface area (Å²) in [4.78, 5) is 35.7. The van der Waals surface area contributed by atoms with Gasteiger partial charge in [0.2, 0.25) is 0 Å². The van der Waals surface area contributed by atoms with Crippen molar-refractivity contribution in [2.24, 2.45) is 0 Å². The first-order valence-electron chi connectivity index (χ1n) is 22.7. The van der Waals surface area contributed by atoms with Crippen molar-refractivity contribution in [2.75, 3.05) is 13.2 Å². The van der Waals surface area contributed by atoms with Crippen molar-refractivity contribution in [3.63, 3.8) is 0 Å². The highest BCUT2D eigenvalue weighted by Crippen LogP contribution is 2.47. The molecule has 13 nitrogen and oxygen atoms in total. The number of aliphatic hydroxyl groups is 5. The van der Waals surface area contributed by atoms with Gasteiger partial charge in [0.25, 0.3) is 0 Å². The maximum absolute atomic E-state index is 12.8. The van der Waals surface area contributed by atoms with Gasteiger partial charge in [-0.3, -0.25) is 18.6 Å².